The van der Waals surface area contributed by atoms with Gasteiger partial charge < -0.3 is 26.0 Å². The van der Waals surface area contributed by atoms with E-state index in [0.717, 1.165) is 59.4 Å². The minimum absolute atomic E-state index is 0.0745. The summed E-state index contributed by atoms with van der Waals surface area (Å²) >= 11 is 4.57. The number of thiocarbonyl (C=S) groups is 1. The number of rotatable bonds is 9. The monoisotopic (exact) mass is 451 g/mol. The lowest BCUT2D eigenvalue weighted by atomic mass is 10.2. The quantitative estimate of drug-likeness (QED) is 0.227. The molecule has 0 spiro atoms. The molecule has 0 saturated heterocycles. The van der Waals surface area contributed by atoms with Gasteiger partial charge in [-0.1, -0.05) is 30.4 Å². The molecule has 3 heterocycles. The van der Waals surface area contributed by atoms with E-state index >= 15 is 0 Å². The number of anilines is 2. The average Bonchev–Trinajstić information content (AvgIpc) is 3.18. The maximum Gasteiger partial charge on any atom is 0.152 e. The fourth-order valence-corrected chi connectivity index (χ4v) is 3.66. The Morgan fingerprint density at radius 2 is 2.00 bits per heavy atom. The van der Waals surface area contributed by atoms with Crippen LogP contribution in [0.3, 0.4) is 0 Å². The lowest BCUT2D eigenvalue weighted by molar-refractivity contribution is 0.294. The zero-order valence-corrected chi connectivity index (χ0v) is 19.0. The number of hydrogen-bond acceptors (Lipinski definition) is 7. The van der Waals surface area contributed by atoms with Crippen molar-refractivity contribution < 1.29 is 5.11 Å². The molecule has 32 heavy (non-hydrogen) atoms. The highest BCUT2D eigenvalue weighted by Crippen LogP contribution is 2.29. The summed E-state index contributed by atoms with van der Waals surface area (Å²) in [4.78, 5) is 13.0. The van der Waals surface area contributed by atoms with Gasteiger partial charge in [0.15, 0.2) is 5.82 Å². The van der Waals surface area contributed by atoms with E-state index in [9.17, 15) is 5.11 Å². The maximum atomic E-state index is 9.35. The molecule has 9 heteroatoms. The molecule has 0 saturated carbocycles. The first-order valence-corrected chi connectivity index (χ1v) is 11.1. The summed E-state index contributed by atoms with van der Waals surface area (Å²) < 4.78 is 2.20. The van der Waals surface area contributed by atoms with Gasteiger partial charge in [0.25, 0.3) is 0 Å². The van der Waals surface area contributed by atoms with Gasteiger partial charge in [0, 0.05) is 24.5 Å². The summed E-state index contributed by atoms with van der Waals surface area (Å²) in [7, 11) is 1.96. The molecule has 0 aliphatic carbocycles. The summed E-state index contributed by atoms with van der Waals surface area (Å²) in [6.45, 7) is 1.93. The van der Waals surface area contributed by atoms with Crippen molar-refractivity contribution in [3.63, 3.8) is 0 Å². The molecule has 5 N–H and O–H groups in total. The Morgan fingerprint density at radius 1 is 1.16 bits per heavy atom. The number of nitrogen functional groups attached to an aromatic ring is 1. The van der Waals surface area contributed by atoms with Gasteiger partial charge in [-0.3, -0.25) is 4.98 Å². The second-order valence-corrected chi connectivity index (χ2v) is 7.41. The van der Waals surface area contributed by atoms with E-state index in [1.165, 1.54) is 5.49 Å². The molecule has 0 atom stereocenters. The minimum Gasteiger partial charge on any atom is -0.396 e. The normalized spacial score (nSPS) is 10.7. The molecule has 0 radical (unpaired) electrons. The molecule has 0 fully saturated rings. The molecule has 0 aliphatic rings. The molecule has 168 valence electrons. The summed E-state index contributed by atoms with van der Waals surface area (Å²) in [6.07, 6.45) is 6.08. The molecule has 4 rings (SSSR count). The van der Waals surface area contributed by atoms with Crippen LogP contribution in [0.2, 0.25) is 0 Å². The number of para-hydroxylation sites is 1. The van der Waals surface area contributed by atoms with Crippen LogP contribution in [0.15, 0.2) is 48.8 Å². The van der Waals surface area contributed by atoms with Crippen molar-refractivity contribution in [2.75, 3.05) is 31.2 Å². The zero-order valence-electron chi connectivity index (χ0n) is 18.2. The zero-order chi connectivity index (χ0) is 22.8. The summed E-state index contributed by atoms with van der Waals surface area (Å²) in [5, 5.41) is 16.4. The molecule has 0 bridgehead atoms. The number of nitrogens with two attached hydrogens (primary N) is 1. The number of fused-ring (bicyclic) bond motifs is 3. The molecule has 0 aliphatic heterocycles. The maximum absolute atomic E-state index is 9.35. The Balaban J connectivity index is 0.000000269. The van der Waals surface area contributed by atoms with Crippen LogP contribution in [-0.4, -0.2) is 50.3 Å². The van der Waals surface area contributed by atoms with Gasteiger partial charge in [0.1, 0.15) is 11.3 Å². The van der Waals surface area contributed by atoms with Gasteiger partial charge >= 0.3 is 0 Å². The smallest absolute Gasteiger partial charge is 0.152 e. The molecule has 0 unspecified atom stereocenters. The number of nitrogens with one attached hydrogen (secondary N) is 2. The number of aromatic nitrogens is 4. The number of aryl methyl sites for hydroxylation is 1. The van der Waals surface area contributed by atoms with Crippen LogP contribution in [0.25, 0.3) is 21.9 Å². The molecular formula is C23H29N7OS. The summed E-state index contributed by atoms with van der Waals surface area (Å²) in [5.41, 5.74) is 11.1. The van der Waals surface area contributed by atoms with Gasteiger partial charge in [-0.25, -0.2) is 9.97 Å². The first-order chi connectivity index (χ1) is 15.7. The highest BCUT2D eigenvalue weighted by atomic mass is 32.1. The Morgan fingerprint density at radius 3 is 2.72 bits per heavy atom. The van der Waals surface area contributed by atoms with Crippen LogP contribution in [0.4, 0.5) is 11.5 Å². The number of pyridine rings is 2. The number of unbranched alkanes of at least 4 members (excludes halogenated alkanes) is 1. The van der Waals surface area contributed by atoms with E-state index in [4.69, 9.17) is 5.73 Å². The third-order valence-electron chi connectivity index (χ3n) is 4.97. The van der Waals surface area contributed by atoms with Crippen molar-refractivity contribution >= 4 is 51.2 Å². The van der Waals surface area contributed by atoms with E-state index in [2.05, 4.69) is 48.4 Å². The van der Waals surface area contributed by atoms with Crippen molar-refractivity contribution in [2.24, 2.45) is 0 Å². The van der Waals surface area contributed by atoms with Gasteiger partial charge in [-0.05, 0) is 44.6 Å². The highest BCUT2D eigenvalue weighted by Gasteiger charge is 2.16. The second-order valence-electron chi connectivity index (χ2n) is 7.18. The Labute approximate surface area is 192 Å². The van der Waals surface area contributed by atoms with Crippen molar-refractivity contribution in [2.45, 2.75) is 25.8 Å². The third kappa shape index (κ3) is 5.76. The van der Waals surface area contributed by atoms with Crippen LogP contribution in [0.5, 0.6) is 0 Å². The van der Waals surface area contributed by atoms with Crippen molar-refractivity contribution in [1.29, 1.82) is 0 Å². The van der Waals surface area contributed by atoms with E-state index in [1.807, 2.05) is 37.4 Å². The van der Waals surface area contributed by atoms with Crippen LogP contribution in [0, 0.1) is 0 Å². The van der Waals surface area contributed by atoms with Gasteiger partial charge in [-0.15, -0.1) is 0 Å². The molecule has 3 aromatic heterocycles. The molecule has 8 nitrogen and oxygen atoms in total. The van der Waals surface area contributed by atoms with Crippen LogP contribution in [0.1, 0.15) is 18.7 Å². The van der Waals surface area contributed by atoms with Gasteiger partial charge in [-0.2, -0.15) is 0 Å². The van der Waals surface area contributed by atoms with Crippen LogP contribution < -0.4 is 16.4 Å². The fraction of sp³-hybridized carbons (Fsp3) is 0.304. The molecular weight excluding hydrogens is 422 g/mol. The molecule has 4 aromatic rings. The van der Waals surface area contributed by atoms with Gasteiger partial charge in [0.05, 0.1) is 35.0 Å². The molecule has 0 amide bonds. The largest absolute Gasteiger partial charge is 0.396 e. The van der Waals surface area contributed by atoms with Crippen LogP contribution in [-0.2, 0) is 13.0 Å². The number of nitrogens with zero attached hydrogens (tertiary/aromatic N) is 4. The number of aliphatic hydroxyl groups is 1. The van der Waals surface area contributed by atoms with Crippen molar-refractivity contribution in [3.05, 3.63) is 54.6 Å². The summed E-state index contributed by atoms with van der Waals surface area (Å²) in [6, 6.07) is 11.7. The Kier molecular flexibility index (Phi) is 8.85. The number of hydrogen-bond donors (Lipinski definition) is 4. The van der Waals surface area contributed by atoms with Crippen LogP contribution >= 0.6 is 12.2 Å². The van der Waals surface area contributed by atoms with E-state index in [1.54, 1.807) is 12.4 Å². The topological polar surface area (TPSA) is 114 Å². The first-order valence-electron chi connectivity index (χ1n) is 10.6. The lowest BCUT2D eigenvalue weighted by Gasteiger charge is -2.10. The highest BCUT2D eigenvalue weighted by molar-refractivity contribution is 7.79. The number of aliphatic hydroxyl groups excluding tert-OH is 1. The standard InChI is InChI=1S/C17H23N5O.C6H6N2S/c1-19-9-4-5-10-22-14(8-11-23)21-15-16(22)12-6-2-3-7-13(12)20-17(15)18;9-5-8-6-2-1-3-7-4-6/h2-3,6-7,19,23H,4-5,8-11H2,1H3,(H2,18,20);1-5H,(H,8,9). The second kappa shape index (κ2) is 12.0. The van der Waals surface area contributed by atoms with Crippen molar-refractivity contribution in [1.82, 2.24) is 24.8 Å². The lowest BCUT2D eigenvalue weighted by Crippen LogP contribution is -2.10. The SMILES string of the molecule is CNCCCCn1c(CCO)nc2c(N)nc3ccccc3c21.S=CNc1cccnc1. The van der Waals surface area contributed by atoms with Crippen molar-refractivity contribution in [3.8, 4) is 0 Å². The summed E-state index contributed by atoms with van der Waals surface area (Å²) in [5.74, 6) is 1.32. The number of imidazole rings is 1. The molecule has 1 aromatic carbocycles. The van der Waals surface area contributed by atoms with E-state index in [0.29, 0.717) is 12.2 Å². The third-order valence-corrected chi connectivity index (χ3v) is 5.09. The Hall–Kier alpha value is -3.14. The Bertz CT molecular complexity index is 1150. The number of benzene rings is 1. The van der Waals surface area contributed by atoms with E-state index < -0.39 is 0 Å². The fourth-order valence-electron chi connectivity index (χ4n) is 3.52. The first kappa shape index (κ1) is 23.5. The van der Waals surface area contributed by atoms with E-state index in [-0.39, 0.29) is 6.61 Å². The average molecular weight is 452 g/mol. The minimum atomic E-state index is 0.0745. The van der Waals surface area contributed by atoms with Gasteiger partial charge in [0.2, 0.25) is 0 Å². The predicted molar refractivity (Wildman–Crippen MR) is 135 cm³/mol. The predicted octanol–water partition coefficient (Wildman–Crippen LogP) is 3.15.